The molecular weight excluding hydrogens is 372 g/mol. The van der Waals surface area contributed by atoms with Gasteiger partial charge in [0.25, 0.3) is 11.8 Å². The molecule has 1 saturated heterocycles. The average molecular weight is 394 g/mol. The van der Waals surface area contributed by atoms with Crippen molar-refractivity contribution in [2.24, 2.45) is 22.1 Å². The minimum atomic E-state index is -0.781. The normalized spacial score (nSPS) is 19.2. The molecule has 0 aliphatic carbocycles. The van der Waals surface area contributed by atoms with Crippen LogP contribution in [0, 0.1) is 11.8 Å². The molecule has 29 heavy (non-hydrogen) atoms. The minimum Gasteiger partial charge on any atom is -0.325 e. The van der Waals surface area contributed by atoms with Crippen LogP contribution in [0.25, 0.3) is 0 Å². The number of rotatable bonds is 6. The zero-order valence-electron chi connectivity index (χ0n) is 16.5. The van der Waals surface area contributed by atoms with Gasteiger partial charge in [0.15, 0.2) is 0 Å². The van der Waals surface area contributed by atoms with Gasteiger partial charge in [-0.1, -0.05) is 26.0 Å². The van der Waals surface area contributed by atoms with Gasteiger partial charge in [-0.05, 0) is 49.0 Å². The van der Waals surface area contributed by atoms with Gasteiger partial charge in [-0.15, -0.1) is 5.06 Å². The van der Waals surface area contributed by atoms with Crippen molar-refractivity contribution in [3.8, 4) is 0 Å². The van der Waals surface area contributed by atoms with Gasteiger partial charge < -0.3 is 10.2 Å². The maximum Gasteiger partial charge on any atom is 0.363 e. The largest absolute Gasteiger partial charge is 0.363 e. The van der Waals surface area contributed by atoms with E-state index >= 15 is 0 Å². The van der Waals surface area contributed by atoms with E-state index in [1.54, 1.807) is 26.0 Å². The smallest absolute Gasteiger partial charge is 0.325 e. The summed E-state index contributed by atoms with van der Waals surface area (Å²) in [5.41, 5.74) is 2.61. The number of hydrogen-bond acceptors (Lipinski definition) is 7. The van der Waals surface area contributed by atoms with E-state index < -0.39 is 29.6 Å². The molecule has 2 aromatic carbocycles. The lowest BCUT2D eigenvalue weighted by Gasteiger charge is -2.13. The van der Waals surface area contributed by atoms with Gasteiger partial charge >= 0.3 is 5.97 Å². The average Bonchev–Trinajstić information content (AvgIpc) is 2.91. The van der Waals surface area contributed by atoms with E-state index in [0.717, 1.165) is 12.1 Å². The van der Waals surface area contributed by atoms with Crippen LogP contribution in [0.5, 0.6) is 0 Å². The maximum absolute atomic E-state index is 12.3. The molecule has 0 aromatic heterocycles. The molecule has 0 spiro atoms. The first-order chi connectivity index (χ1) is 13.9. The Morgan fingerprint density at radius 2 is 1.41 bits per heavy atom. The Balaban J connectivity index is 1.63. The fourth-order valence-corrected chi connectivity index (χ4v) is 2.80. The number of amides is 2. The third-order valence-corrected chi connectivity index (χ3v) is 4.80. The van der Waals surface area contributed by atoms with E-state index in [2.05, 4.69) is 15.5 Å². The molecule has 2 atom stereocenters. The lowest BCUT2D eigenvalue weighted by molar-refractivity contribution is -0.174. The Kier molecular flexibility index (Phi) is 6.13. The topological polar surface area (TPSA) is 100 Å². The SMILES string of the molecule is CNCc1ccc(N=Nc2ccc(C(=O)ON3C(=O)C(C)C(C)C3=O)cc2)cc1. The highest BCUT2D eigenvalue weighted by Gasteiger charge is 2.45. The van der Waals surface area contributed by atoms with E-state index in [1.807, 2.05) is 31.3 Å². The first-order valence-electron chi connectivity index (χ1n) is 9.26. The monoisotopic (exact) mass is 394 g/mol. The van der Waals surface area contributed by atoms with E-state index in [-0.39, 0.29) is 5.56 Å². The fraction of sp³-hybridized carbons (Fsp3) is 0.286. The Morgan fingerprint density at radius 1 is 0.931 bits per heavy atom. The Morgan fingerprint density at radius 3 is 1.90 bits per heavy atom. The zero-order valence-corrected chi connectivity index (χ0v) is 16.5. The number of nitrogens with zero attached hydrogens (tertiary/aromatic N) is 3. The summed E-state index contributed by atoms with van der Waals surface area (Å²) in [4.78, 5) is 41.3. The second-order valence-electron chi connectivity index (χ2n) is 6.87. The molecule has 150 valence electrons. The molecule has 1 heterocycles. The molecule has 1 aliphatic heterocycles. The maximum atomic E-state index is 12.3. The van der Waals surface area contributed by atoms with Crippen LogP contribution in [0.4, 0.5) is 11.4 Å². The quantitative estimate of drug-likeness (QED) is 0.597. The molecule has 2 amide bonds. The van der Waals surface area contributed by atoms with Gasteiger partial charge in [-0.3, -0.25) is 9.59 Å². The van der Waals surface area contributed by atoms with Crippen LogP contribution in [0.3, 0.4) is 0 Å². The number of azo groups is 1. The second-order valence-corrected chi connectivity index (χ2v) is 6.87. The number of imide groups is 1. The molecule has 2 unspecified atom stereocenters. The number of benzene rings is 2. The predicted octanol–water partition coefficient (Wildman–Crippen LogP) is 3.53. The van der Waals surface area contributed by atoms with Crippen molar-refractivity contribution in [2.75, 3.05) is 7.05 Å². The number of hydroxylamine groups is 2. The molecule has 1 aliphatic rings. The second kappa shape index (κ2) is 8.74. The summed E-state index contributed by atoms with van der Waals surface area (Å²) in [6.45, 7) is 4.04. The summed E-state index contributed by atoms with van der Waals surface area (Å²) in [7, 11) is 1.88. The lowest BCUT2D eigenvalue weighted by atomic mass is 10.00. The summed E-state index contributed by atoms with van der Waals surface area (Å²) in [5, 5.41) is 11.9. The number of carbonyl (C=O) groups is 3. The van der Waals surface area contributed by atoms with Crippen molar-refractivity contribution in [3.63, 3.8) is 0 Å². The highest BCUT2D eigenvalue weighted by molar-refractivity contribution is 6.05. The first kappa shape index (κ1) is 20.3. The van der Waals surface area contributed by atoms with Crippen LogP contribution < -0.4 is 5.32 Å². The highest BCUT2D eigenvalue weighted by Crippen LogP contribution is 2.26. The Bertz CT molecular complexity index is 918. The number of nitrogens with one attached hydrogen (secondary N) is 1. The van der Waals surface area contributed by atoms with Crippen LogP contribution in [-0.4, -0.2) is 29.9 Å². The summed E-state index contributed by atoms with van der Waals surface area (Å²) in [5.74, 6) is -2.82. The molecule has 0 saturated carbocycles. The van der Waals surface area contributed by atoms with E-state index in [4.69, 9.17) is 4.84 Å². The van der Waals surface area contributed by atoms with Crippen LogP contribution in [0.2, 0.25) is 0 Å². The van der Waals surface area contributed by atoms with Crippen molar-refractivity contribution in [1.82, 2.24) is 10.4 Å². The van der Waals surface area contributed by atoms with Gasteiger partial charge in [-0.25, -0.2) is 4.79 Å². The van der Waals surface area contributed by atoms with Gasteiger partial charge in [0.05, 0.1) is 28.8 Å². The van der Waals surface area contributed by atoms with Crippen molar-refractivity contribution >= 4 is 29.2 Å². The molecule has 8 nitrogen and oxygen atoms in total. The van der Waals surface area contributed by atoms with E-state index in [0.29, 0.717) is 16.4 Å². The Labute approximate surface area is 168 Å². The number of hydrogen-bond donors (Lipinski definition) is 1. The van der Waals surface area contributed by atoms with Crippen LogP contribution >= 0.6 is 0 Å². The minimum absolute atomic E-state index is 0.202. The van der Waals surface area contributed by atoms with Gasteiger partial charge in [-0.2, -0.15) is 10.2 Å². The lowest BCUT2D eigenvalue weighted by Crippen LogP contribution is -2.33. The molecule has 1 fully saturated rings. The van der Waals surface area contributed by atoms with E-state index in [9.17, 15) is 14.4 Å². The third-order valence-electron chi connectivity index (χ3n) is 4.80. The van der Waals surface area contributed by atoms with Crippen LogP contribution in [0.1, 0.15) is 29.8 Å². The van der Waals surface area contributed by atoms with Crippen LogP contribution in [0.15, 0.2) is 58.8 Å². The first-order valence-corrected chi connectivity index (χ1v) is 9.26. The summed E-state index contributed by atoms with van der Waals surface area (Å²) in [6.07, 6.45) is 0. The van der Waals surface area contributed by atoms with Crippen molar-refractivity contribution < 1.29 is 19.2 Å². The van der Waals surface area contributed by atoms with Crippen molar-refractivity contribution in [1.29, 1.82) is 0 Å². The van der Waals surface area contributed by atoms with Crippen molar-refractivity contribution in [3.05, 3.63) is 59.7 Å². The van der Waals surface area contributed by atoms with Crippen molar-refractivity contribution in [2.45, 2.75) is 20.4 Å². The molecule has 2 aromatic rings. The summed E-state index contributed by atoms with van der Waals surface area (Å²) in [6, 6.07) is 13.9. The van der Waals surface area contributed by atoms with Gasteiger partial charge in [0.2, 0.25) is 0 Å². The molecule has 8 heteroatoms. The standard InChI is InChI=1S/C21H22N4O4/c1-13-14(2)20(27)25(19(13)26)29-21(28)16-6-10-18(11-7-16)24-23-17-8-4-15(5-9-17)12-22-3/h4-11,13-14,22H,12H2,1-3H3. The van der Waals surface area contributed by atoms with Gasteiger partial charge in [0, 0.05) is 6.54 Å². The molecule has 0 bridgehead atoms. The molecule has 3 rings (SSSR count). The Hall–Kier alpha value is -3.39. The highest BCUT2D eigenvalue weighted by atomic mass is 16.7. The van der Waals surface area contributed by atoms with E-state index in [1.165, 1.54) is 12.1 Å². The fourth-order valence-electron chi connectivity index (χ4n) is 2.80. The van der Waals surface area contributed by atoms with Crippen LogP contribution in [-0.2, 0) is 21.0 Å². The molecule has 1 N–H and O–H groups in total. The summed E-state index contributed by atoms with van der Waals surface area (Å²) >= 11 is 0. The summed E-state index contributed by atoms with van der Waals surface area (Å²) < 4.78 is 0. The molecule has 0 radical (unpaired) electrons. The predicted molar refractivity (Wildman–Crippen MR) is 105 cm³/mol. The van der Waals surface area contributed by atoms with Gasteiger partial charge in [0.1, 0.15) is 0 Å². The number of carbonyl (C=O) groups excluding carboxylic acids is 3. The molecular formula is C21H22N4O4. The third kappa shape index (κ3) is 4.55. The zero-order chi connectivity index (χ0) is 21.0.